The van der Waals surface area contributed by atoms with Crippen LogP contribution in [0.2, 0.25) is 0 Å². The van der Waals surface area contributed by atoms with E-state index in [1.807, 2.05) is 36.4 Å². The van der Waals surface area contributed by atoms with Crippen LogP contribution in [0.3, 0.4) is 0 Å². The molecule has 0 aliphatic carbocycles. The molecule has 3 rings (SSSR count). The molecule has 2 aromatic rings. The lowest BCUT2D eigenvalue weighted by Crippen LogP contribution is -2.27. The third kappa shape index (κ3) is 4.53. The molecule has 0 atom stereocenters. The molecule has 0 N–H and O–H groups in total. The lowest BCUT2D eigenvalue weighted by atomic mass is 10.1. The van der Waals surface area contributed by atoms with Gasteiger partial charge in [0.2, 0.25) is 12.7 Å². The van der Waals surface area contributed by atoms with Crippen molar-refractivity contribution in [2.75, 3.05) is 34.6 Å². The van der Waals surface area contributed by atoms with Gasteiger partial charge in [-0.3, -0.25) is 4.79 Å². The summed E-state index contributed by atoms with van der Waals surface area (Å²) >= 11 is 0. The zero-order valence-corrected chi connectivity index (χ0v) is 15.7. The lowest BCUT2D eigenvalue weighted by molar-refractivity contribution is -0.124. The highest BCUT2D eigenvalue weighted by atomic mass is 16.7. The van der Waals surface area contributed by atoms with Crippen LogP contribution in [-0.2, 0) is 11.2 Å². The summed E-state index contributed by atoms with van der Waals surface area (Å²) in [6, 6.07) is 11.4. The second-order valence-electron chi connectivity index (χ2n) is 6.15. The number of hydrogen-bond acceptors (Lipinski definition) is 5. The number of fused-ring (bicyclic) bond motifs is 1. The standard InChI is InChI=1S/C21H23NO5/c1-22(11-10-16-4-7-17(24-2)19(12-16)25-3)21(23)9-6-15-5-8-18-20(13-15)27-14-26-18/h4-9,12-13H,10-11,14H2,1-3H3. The Bertz CT molecular complexity index is 846. The molecule has 0 radical (unpaired) electrons. The largest absolute Gasteiger partial charge is 0.493 e. The van der Waals surface area contributed by atoms with Gasteiger partial charge in [0.15, 0.2) is 23.0 Å². The van der Waals surface area contributed by atoms with Crippen LogP contribution in [0.25, 0.3) is 6.08 Å². The number of nitrogens with zero attached hydrogens (tertiary/aromatic N) is 1. The summed E-state index contributed by atoms with van der Waals surface area (Å²) < 4.78 is 21.2. The van der Waals surface area contributed by atoms with Gasteiger partial charge in [-0.25, -0.2) is 0 Å². The minimum atomic E-state index is -0.0619. The maximum atomic E-state index is 12.3. The van der Waals surface area contributed by atoms with Crippen LogP contribution < -0.4 is 18.9 Å². The molecule has 0 saturated carbocycles. The van der Waals surface area contributed by atoms with Crippen molar-refractivity contribution in [3.63, 3.8) is 0 Å². The van der Waals surface area contributed by atoms with Gasteiger partial charge in [0.25, 0.3) is 0 Å². The molecule has 0 fully saturated rings. The van der Waals surface area contributed by atoms with E-state index in [1.165, 1.54) is 0 Å². The van der Waals surface area contributed by atoms with Crippen molar-refractivity contribution in [3.8, 4) is 23.0 Å². The molecule has 2 aromatic carbocycles. The number of likely N-dealkylation sites (N-methyl/N-ethyl adjacent to an activating group) is 1. The molecule has 0 spiro atoms. The summed E-state index contributed by atoms with van der Waals surface area (Å²) in [5.41, 5.74) is 1.97. The van der Waals surface area contributed by atoms with Crippen molar-refractivity contribution in [2.24, 2.45) is 0 Å². The Balaban J connectivity index is 1.56. The first-order chi connectivity index (χ1) is 13.1. The Hall–Kier alpha value is -3.15. The molecular weight excluding hydrogens is 346 g/mol. The molecule has 1 aliphatic rings. The molecule has 27 heavy (non-hydrogen) atoms. The lowest BCUT2D eigenvalue weighted by Gasteiger charge is -2.16. The van der Waals surface area contributed by atoms with Crippen molar-refractivity contribution in [3.05, 3.63) is 53.6 Å². The number of methoxy groups -OCH3 is 2. The molecule has 1 heterocycles. The highest BCUT2D eigenvalue weighted by Gasteiger charge is 2.13. The van der Waals surface area contributed by atoms with Crippen molar-refractivity contribution in [2.45, 2.75) is 6.42 Å². The SMILES string of the molecule is COc1ccc(CCN(C)C(=O)C=Cc2ccc3c(c2)OCO3)cc1OC. The fourth-order valence-corrected chi connectivity index (χ4v) is 2.75. The summed E-state index contributed by atoms with van der Waals surface area (Å²) in [4.78, 5) is 14.0. The first-order valence-corrected chi connectivity index (χ1v) is 8.64. The van der Waals surface area contributed by atoms with Crippen LogP contribution in [0, 0.1) is 0 Å². The Kier molecular flexibility index (Phi) is 5.86. The number of carbonyl (C=O) groups excluding carboxylic acids is 1. The molecule has 1 amide bonds. The topological polar surface area (TPSA) is 57.2 Å². The van der Waals surface area contributed by atoms with Crippen LogP contribution in [0.15, 0.2) is 42.5 Å². The van der Waals surface area contributed by atoms with Gasteiger partial charge < -0.3 is 23.8 Å². The molecule has 0 aromatic heterocycles. The molecule has 1 aliphatic heterocycles. The monoisotopic (exact) mass is 369 g/mol. The van der Waals surface area contributed by atoms with E-state index in [4.69, 9.17) is 18.9 Å². The summed E-state index contributed by atoms with van der Waals surface area (Å²) in [5.74, 6) is 2.74. The first-order valence-electron chi connectivity index (χ1n) is 8.64. The van der Waals surface area contributed by atoms with E-state index in [1.54, 1.807) is 38.3 Å². The Morgan fingerprint density at radius 1 is 1.07 bits per heavy atom. The molecule has 0 bridgehead atoms. The summed E-state index contributed by atoms with van der Waals surface area (Å²) in [6.07, 6.45) is 4.06. The van der Waals surface area contributed by atoms with Crippen LogP contribution in [-0.4, -0.2) is 45.4 Å². The second kappa shape index (κ2) is 8.49. The van der Waals surface area contributed by atoms with Gasteiger partial charge in [0.05, 0.1) is 14.2 Å². The van der Waals surface area contributed by atoms with E-state index in [-0.39, 0.29) is 12.7 Å². The van der Waals surface area contributed by atoms with E-state index >= 15 is 0 Å². The summed E-state index contributed by atoms with van der Waals surface area (Å²) in [6.45, 7) is 0.833. The van der Waals surface area contributed by atoms with Gasteiger partial charge in [0, 0.05) is 19.7 Å². The second-order valence-corrected chi connectivity index (χ2v) is 6.15. The van der Waals surface area contributed by atoms with Crippen LogP contribution in [0.4, 0.5) is 0 Å². The maximum Gasteiger partial charge on any atom is 0.246 e. The third-order valence-electron chi connectivity index (χ3n) is 4.38. The van der Waals surface area contributed by atoms with E-state index < -0.39 is 0 Å². The van der Waals surface area contributed by atoms with Gasteiger partial charge >= 0.3 is 0 Å². The average Bonchev–Trinajstić information content (AvgIpc) is 3.17. The van der Waals surface area contributed by atoms with E-state index in [0.29, 0.717) is 23.8 Å². The summed E-state index contributed by atoms with van der Waals surface area (Å²) in [7, 11) is 5.00. The van der Waals surface area contributed by atoms with Gasteiger partial charge in [0.1, 0.15) is 0 Å². The van der Waals surface area contributed by atoms with Crippen molar-refractivity contribution >= 4 is 12.0 Å². The summed E-state index contributed by atoms with van der Waals surface area (Å²) in [5, 5.41) is 0. The van der Waals surface area contributed by atoms with E-state index in [0.717, 1.165) is 23.3 Å². The molecule has 0 saturated heterocycles. The predicted octanol–water partition coefficient (Wildman–Crippen LogP) is 3.15. The first kappa shape index (κ1) is 18.6. The Morgan fingerprint density at radius 2 is 1.85 bits per heavy atom. The van der Waals surface area contributed by atoms with Gasteiger partial charge in [-0.05, 0) is 47.9 Å². The number of rotatable bonds is 7. The fraction of sp³-hybridized carbons (Fsp3) is 0.286. The van der Waals surface area contributed by atoms with Crippen molar-refractivity contribution in [1.82, 2.24) is 4.90 Å². The Morgan fingerprint density at radius 3 is 2.63 bits per heavy atom. The number of benzene rings is 2. The van der Waals surface area contributed by atoms with Gasteiger partial charge in [-0.1, -0.05) is 12.1 Å². The number of hydrogen-bond donors (Lipinski definition) is 0. The van der Waals surface area contributed by atoms with Crippen LogP contribution in [0.5, 0.6) is 23.0 Å². The number of amides is 1. The molecule has 6 nitrogen and oxygen atoms in total. The van der Waals surface area contributed by atoms with Gasteiger partial charge in [-0.15, -0.1) is 0 Å². The van der Waals surface area contributed by atoms with Crippen LogP contribution in [0.1, 0.15) is 11.1 Å². The smallest absolute Gasteiger partial charge is 0.246 e. The van der Waals surface area contributed by atoms with Crippen LogP contribution >= 0.6 is 0 Å². The van der Waals surface area contributed by atoms with E-state index in [9.17, 15) is 4.79 Å². The number of ether oxygens (including phenoxy) is 4. The predicted molar refractivity (Wildman–Crippen MR) is 102 cm³/mol. The Labute approximate surface area is 158 Å². The minimum absolute atomic E-state index is 0.0619. The number of carbonyl (C=O) groups is 1. The fourth-order valence-electron chi connectivity index (χ4n) is 2.75. The zero-order valence-electron chi connectivity index (χ0n) is 15.7. The van der Waals surface area contributed by atoms with E-state index in [2.05, 4.69) is 0 Å². The van der Waals surface area contributed by atoms with Gasteiger partial charge in [-0.2, -0.15) is 0 Å². The molecule has 0 unspecified atom stereocenters. The zero-order chi connectivity index (χ0) is 19.2. The van der Waals surface area contributed by atoms with Crippen molar-refractivity contribution < 1.29 is 23.7 Å². The maximum absolute atomic E-state index is 12.3. The quantitative estimate of drug-likeness (QED) is 0.702. The highest BCUT2D eigenvalue weighted by molar-refractivity contribution is 5.91. The molecular formula is C21H23NO5. The average molecular weight is 369 g/mol. The normalized spacial score (nSPS) is 12.3. The minimum Gasteiger partial charge on any atom is -0.493 e. The highest BCUT2D eigenvalue weighted by Crippen LogP contribution is 2.32. The van der Waals surface area contributed by atoms with Crippen molar-refractivity contribution in [1.29, 1.82) is 0 Å². The molecule has 6 heteroatoms. The third-order valence-corrected chi connectivity index (χ3v) is 4.38. The molecule has 142 valence electrons.